The van der Waals surface area contributed by atoms with Gasteiger partial charge in [0.2, 0.25) is 0 Å². The molecule has 1 heterocycles. The number of amides is 1. The number of ether oxygens (including phenoxy) is 1. The first-order chi connectivity index (χ1) is 12.8. The quantitative estimate of drug-likeness (QED) is 0.618. The molecule has 0 radical (unpaired) electrons. The van der Waals surface area contributed by atoms with Crippen LogP contribution in [-0.4, -0.2) is 12.5 Å². The van der Waals surface area contributed by atoms with Crippen molar-refractivity contribution in [1.82, 2.24) is 0 Å². The second-order valence-electron chi connectivity index (χ2n) is 6.05. The summed E-state index contributed by atoms with van der Waals surface area (Å²) in [5.74, 6) is 0.633. The van der Waals surface area contributed by atoms with Crippen molar-refractivity contribution in [3.8, 4) is 5.75 Å². The maximum Gasteiger partial charge on any atom is 0.269 e. The average Bonchev–Trinajstić information content (AvgIpc) is 2.70. The molecule has 4 rings (SSSR count). The maximum atomic E-state index is 13.0. The van der Waals surface area contributed by atoms with Crippen LogP contribution in [0.5, 0.6) is 5.75 Å². The molecule has 0 saturated carbocycles. The molecule has 1 aliphatic rings. The minimum Gasteiger partial charge on any atom is -0.484 e. The monoisotopic (exact) mass is 361 g/mol. The Labute approximate surface area is 157 Å². The fraction of sp³-hybridized carbons (Fsp3) is 0.136. The first-order valence-electron chi connectivity index (χ1n) is 8.67. The Bertz CT molecular complexity index is 891. The molecule has 0 saturated heterocycles. The van der Waals surface area contributed by atoms with Gasteiger partial charge in [-0.25, -0.2) is 0 Å². The van der Waals surface area contributed by atoms with Crippen molar-refractivity contribution < 1.29 is 9.53 Å². The number of hydrogen-bond acceptors (Lipinski definition) is 3. The van der Waals surface area contributed by atoms with Crippen LogP contribution in [0.25, 0.3) is 0 Å². The third kappa shape index (κ3) is 3.20. The molecule has 1 amide bonds. The molecule has 0 atom stereocenters. The number of anilines is 2. The summed E-state index contributed by atoms with van der Waals surface area (Å²) in [7, 11) is 0. The first-order valence-corrected chi connectivity index (χ1v) is 9.48. The molecule has 0 fully saturated rings. The van der Waals surface area contributed by atoms with E-state index in [0.717, 1.165) is 27.6 Å². The number of aryl methyl sites for hydroxylation is 1. The van der Waals surface area contributed by atoms with E-state index in [1.807, 2.05) is 72.8 Å². The molecule has 3 aromatic carbocycles. The lowest BCUT2D eigenvalue weighted by atomic mass is 10.2. The molecular weight excluding hydrogens is 342 g/mol. The van der Waals surface area contributed by atoms with Crippen LogP contribution >= 0.6 is 11.8 Å². The van der Waals surface area contributed by atoms with Crippen LogP contribution < -0.4 is 9.64 Å². The molecular formula is C22H19NO2S. The molecule has 0 N–H and O–H groups in total. The van der Waals surface area contributed by atoms with Crippen molar-refractivity contribution in [1.29, 1.82) is 0 Å². The van der Waals surface area contributed by atoms with Crippen molar-refractivity contribution in [3.63, 3.8) is 0 Å². The molecule has 0 aromatic heterocycles. The Hall–Kier alpha value is -2.72. The maximum absolute atomic E-state index is 13.0. The van der Waals surface area contributed by atoms with Crippen LogP contribution in [0, 0.1) is 0 Å². The number of para-hydroxylation sites is 2. The number of rotatable bonds is 4. The van der Waals surface area contributed by atoms with Crippen molar-refractivity contribution in [2.45, 2.75) is 23.1 Å². The van der Waals surface area contributed by atoms with Gasteiger partial charge in [-0.3, -0.25) is 9.69 Å². The van der Waals surface area contributed by atoms with Gasteiger partial charge in [-0.15, -0.1) is 0 Å². The van der Waals surface area contributed by atoms with Crippen LogP contribution in [0.15, 0.2) is 82.6 Å². The van der Waals surface area contributed by atoms with Crippen LogP contribution in [0.4, 0.5) is 11.4 Å². The minimum absolute atomic E-state index is 0.00118. The summed E-state index contributed by atoms with van der Waals surface area (Å²) in [4.78, 5) is 16.9. The van der Waals surface area contributed by atoms with Gasteiger partial charge >= 0.3 is 0 Å². The second-order valence-corrected chi connectivity index (χ2v) is 7.14. The molecule has 0 unspecified atom stereocenters. The topological polar surface area (TPSA) is 29.5 Å². The highest BCUT2D eigenvalue weighted by Crippen LogP contribution is 2.47. The van der Waals surface area contributed by atoms with Gasteiger partial charge in [-0.1, -0.05) is 55.1 Å². The zero-order valence-corrected chi connectivity index (χ0v) is 15.3. The van der Waals surface area contributed by atoms with Crippen LogP contribution in [0.2, 0.25) is 0 Å². The van der Waals surface area contributed by atoms with E-state index in [0.29, 0.717) is 5.75 Å². The molecule has 0 spiro atoms. The lowest BCUT2D eigenvalue weighted by molar-refractivity contribution is -0.119. The third-order valence-corrected chi connectivity index (χ3v) is 5.51. The number of nitrogens with zero attached hydrogens (tertiary/aromatic N) is 1. The van der Waals surface area contributed by atoms with Gasteiger partial charge in [0, 0.05) is 9.79 Å². The van der Waals surface area contributed by atoms with E-state index in [-0.39, 0.29) is 12.5 Å². The van der Waals surface area contributed by atoms with Gasteiger partial charge in [0.25, 0.3) is 5.91 Å². The second kappa shape index (κ2) is 7.26. The van der Waals surface area contributed by atoms with E-state index < -0.39 is 0 Å². The van der Waals surface area contributed by atoms with Gasteiger partial charge in [0.1, 0.15) is 5.75 Å². The molecule has 130 valence electrons. The molecule has 0 bridgehead atoms. The third-order valence-electron chi connectivity index (χ3n) is 4.38. The zero-order valence-electron chi connectivity index (χ0n) is 14.5. The van der Waals surface area contributed by atoms with Crippen LogP contribution in [-0.2, 0) is 11.2 Å². The molecule has 26 heavy (non-hydrogen) atoms. The number of fused-ring (bicyclic) bond motifs is 2. The summed E-state index contributed by atoms with van der Waals surface area (Å²) in [5, 5.41) is 0. The van der Waals surface area contributed by atoms with E-state index in [1.165, 1.54) is 5.56 Å². The predicted molar refractivity (Wildman–Crippen MR) is 105 cm³/mol. The summed E-state index contributed by atoms with van der Waals surface area (Å²) in [6.45, 7) is 2.11. The van der Waals surface area contributed by atoms with Gasteiger partial charge in [-0.05, 0) is 48.4 Å². The number of carbonyl (C=O) groups is 1. The van der Waals surface area contributed by atoms with E-state index in [1.54, 1.807) is 16.7 Å². The summed E-state index contributed by atoms with van der Waals surface area (Å²) >= 11 is 1.69. The number of benzene rings is 3. The molecule has 3 aromatic rings. The standard InChI is InChI=1S/C22H19NO2S/c1-2-16-11-13-17(14-12-16)25-15-22(24)23-18-7-3-5-9-20(18)26-21-10-6-4-8-19(21)23/h3-14H,2,15H2,1H3. The number of hydrogen-bond donors (Lipinski definition) is 0. The smallest absolute Gasteiger partial charge is 0.269 e. The van der Waals surface area contributed by atoms with Crippen molar-refractivity contribution in [3.05, 3.63) is 78.4 Å². The van der Waals surface area contributed by atoms with Gasteiger partial charge in [0.05, 0.1) is 11.4 Å². The highest BCUT2D eigenvalue weighted by molar-refractivity contribution is 7.99. The fourth-order valence-electron chi connectivity index (χ4n) is 3.00. The Morgan fingerprint density at radius 3 is 2.04 bits per heavy atom. The summed E-state index contributed by atoms with van der Waals surface area (Å²) in [5.41, 5.74) is 3.07. The first kappa shape index (κ1) is 16.7. The Morgan fingerprint density at radius 2 is 1.46 bits per heavy atom. The van der Waals surface area contributed by atoms with E-state index in [4.69, 9.17) is 4.74 Å². The Kier molecular flexibility index (Phi) is 4.67. The zero-order chi connectivity index (χ0) is 17.9. The minimum atomic E-state index is -0.0789. The Balaban J connectivity index is 1.59. The van der Waals surface area contributed by atoms with E-state index >= 15 is 0 Å². The molecule has 4 heteroatoms. The van der Waals surface area contributed by atoms with Gasteiger partial charge < -0.3 is 4.74 Å². The highest BCUT2D eigenvalue weighted by Gasteiger charge is 2.27. The van der Waals surface area contributed by atoms with Crippen molar-refractivity contribution in [2.24, 2.45) is 0 Å². The van der Waals surface area contributed by atoms with E-state index in [9.17, 15) is 4.79 Å². The summed E-state index contributed by atoms with van der Waals surface area (Å²) in [6.07, 6.45) is 0.984. The van der Waals surface area contributed by atoms with Crippen molar-refractivity contribution >= 4 is 29.0 Å². The average molecular weight is 361 g/mol. The van der Waals surface area contributed by atoms with Gasteiger partial charge in [0.15, 0.2) is 6.61 Å². The van der Waals surface area contributed by atoms with Gasteiger partial charge in [-0.2, -0.15) is 0 Å². The highest BCUT2D eigenvalue weighted by atomic mass is 32.2. The normalized spacial score (nSPS) is 12.3. The van der Waals surface area contributed by atoms with Crippen LogP contribution in [0.1, 0.15) is 12.5 Å². The molecule has 0 aliphatic carbocycles. The Morgan fingerprint density at radius 1 is 0.885 bits per heavy atom. The predicted octanol–water partition coefficient (Wildman–Crippen LogP) is 5.46. The SMILES string of the molecule is CCc1ccc(OCC(=O)N2c3ccccc3Sc3ccccc32)cc1. The lowest BCUT2D eigenvalue weighted by Crippen LogP contribution is -2.32. The lowest BCUT2D eigenvalue weighted by Gasteiger charge is -2.30. The molecule has 3 nitrogen and oxygen atoms in total. The van der Waals surface area contributed by atoms with E-state index in [2.05, 4.69) is 6.92 Å². The summed E-state index contributed by atoms with van der Waals surface area (Å²) < 4.78 is 5.75. The largest absolute Gasteiger partial charge is 0.484 e. The number of carbonyl (C=O) groups excluding carboxylic acids is 1. The van der Waals surface area contributed by atoms with Crippen LogP contribution in [0.3, 0.4) is 0 Å². The fourth-order valence-corrected chi connectivity index (χ4v) is 4.06. The summed E-state index contributed by atoms with van der Waals surface area (Å²) in [6, 6.07) is 23.8. The molecule has 1 aliphatic heterocycles. The van der Waals surface area contributed by atoms with Crippen molar-refractivity contribution in [2.75, 3.05) is 11.5 Å².